The molecule has 2 aromatic heterocycles. The summed E-state index contributed by atoms with van der Waals surface area (Å²) in [5, 5.41) is 11.7. The van der Waals surface area contributed by atoms with Gasteiger partial charge in [-0.15, -0.1) is 0 Å². The Morgan fingerprint density at radius 1 is 0.581 bits per heavy atom. The van der Waals surface area contributed by atoms with E-state index >= 15 is 0 Å². The first-order valence-corrected chi connectivity index (χ1v) is 15.8. The first-order valence-electron chi connectivity index (χ1n) is 15.8. The summed E-state index contributed by atoms with van der Waals surface area (Å²) in [5.74, 6) is -0.807. The van der Waals surface area contributed by atoms with Crippen LogP contribution in [0.1, 0.15) is 106 Å². The van der Waals surface area contributed by atoms with Gasteiger partial charge in [0.15, 0.2) is 0 Å². The van der Waals surface area contributed by atoms with Crippen molar-refractivity contribution in [3.05, 3.63) is 60.2 Å². The fourth-order valence-corrected chi connectivity index (χ4v) is 4.64. The third kappa shape index (κ3) is 12.9. The highest BCUT2D eigenvalue weighted by Gasteiger charge is 2.27. The average Bonchev–Trinajstić information content (AvgIpc) is 3.04. The third-order valence-corrected chi connectivity index (χ3v) is 7.90. The number of carbonyl (C=O) groups is 4. The van der Waals surface area contributed by atoms with Gasteiger partial charge in [0.2, 0.25) is 11.8 Å². The molecule has 4 atom stereocenters. The average molecular weight is 595 g/mol. The van der Waals surface area contributed by atoms with Gasteiger partial charge in [-0.25, -0.2) is 0 Å². The molecule has 2 aromatic rings. The maximum atomic E-state index is 12.8. The third-order valence-electron chi connectivity index (χ3n) is 7.90. The molecular weight excluding hydrogens is 544 g/mol. The van der Waals surface area contributed by atoms with E-state index in [-0.39, 0.29) is 35.5 Å². The summed E-state index contributed by atoms with van der Waals surface area (Å²) in [7, 11) is 0. The second kappa shape index (κ2) is 20.1. The van der Waals surface area contributed by atoms with Crippen molar-refractivity contribution in [1.29, 1.82) is 0 Å². The highest BCUT2D eigenvalue weighted by Crippen LogP contribution is 2.12. The first-order chi connectivity index (χ1) is 20.8. The molecule has 0 bridgehead atoms. The molecule has 0 aliphatic heterocycles. The molecule has 0 aromatic carbocycles. The number of pyridine rings is 2. The van der Waals surface area contributed by atoms with Gasteiger partial charge >= 0.3 is 0 Å². The minimum atomic E-state index is -0.579. The summed E-state index contributed by atoms with van der Waals surface area (Å²) in [6.07, 6.45) is 14.8. The van der Waals surface area contributed by atoms with Crippen LogP contribution in [-0.4, -0.2) is 58.8 Å². The fraction of sp³-hybridized carbons (Fsp3) is 0.576. The van der Waals surface area contributed by atoms with Gasteiger partial charge in [0, 0.05) is 49.0 Å². The van der Waals surface area contributed by atoms with Crippen molar-refractivity contribution < 1.29 is 19.2 Å². The van der Waals surface area contributed by atoms with E-state index in [0.29, 0.717) is 24.2 Å². The smallest absolute Gasteiger partial charge is 0.252 e. The quantitative estimate of drug-likeness (QED) is 0.167. The minimum Gasteiger partial charge on any atom is -0.354 e. The van der Waals surface area contributed by atoms with Crippen molar-refractivity contribution in [2.75, 3.05) is 13.1 Å². The van der Waals surface area contributed by atoms with Crippen molar-refractivity contribution >= 4 is 23.6 Å². The second-order valence-electron chi connectivity index (χ2n) is 11.2. The lowest BCUT2D eigenvalue weighted by Crippen LogP contribution is -2.50. The molecule has 10 nitrogen and oxygen atoms in total. The molecule has 0 radical (unpaired) electrons. The number of unbranched alkanes of at least 4 members (excludes halogenated alkanes) is 6. The van der Waals surface area contributed by atoms with Crippen LogP contribution < -0.4 is 21.3 Å². The molecule has 0 saturated carbocycles. The van der Waals surface area contributed by atoms with Crippen LogP contribution in [0.2, 0.25) is 0 Å². The van der Waals surface area contributed by atoms with E-state index in [1.54, 1.807) is 49.1 Å². The predicted molar refractivity (Wildman–Crippen MR) is 168 cm³/mol. The van der Waals surface area contributed by atoms with Crippen LogP contribution in [0.15, 0.2) is 49.1 Å². The van der Waals surface area contributed by atoms with Crippen molar-refractivity contribution in [3.8, 4) is 0 Å². The van der Waals surface area contributed by atoms with Crippen LogP contribution in [0.25, 0.3) is 0 Å². The zero-order valence-electron chi connectivity index (χ0n) is 26.2. The zero-order valence-corrected chi connectivity index (χ0v) is 26.2. The number of amides is 4. The summed E-state index contributed by atoms with van der Waals surface area (Å²) in [6, 6.07) is 5.37. The maximum absolute atomic E-state index is 12.8. The molecule has 0 aliphatic rings. The van der Waals surface area contributed by atoms with Gasteiger partial charge in [-0.05, 0) is 48.9 Å². The standard InChI is InChI=1S/C33H50N6O4/c1-5-24(3)28(38-30(40)26-14-20-34-21-15-26)32(42)36-18-12-10-8-7-9-11-13-19-37-33(43)29(25(4)6-2)39-31(41)27-16-22-35-23-17-27/h14-17,20-25,28-29H,5-13,18-19H2,1-4H3,(H,36,42)(H,37,43)(H,38,40)(H,39,41)/t24?,25?,28-,29-/m0/s1. The van der Waals surface area contributed by atoms with Gasteiger partial charge in [-0.3, -0.25) is 29.1 Å². The van der Waals surface area contributed by atoms with Gasteiger partial charge in [-0.1, -0.05) is 72.6 Å². The molecule has 0 spiro atoms. The molecule has 236 valence electrons. The number of carbonyl (C=O) groups excluding carboxylic acids is 4. The van der Waals surface area contributed by atoms with Gasteiger partial charge in [0.05, 0.1) is 0 Å². The Kier molecular flexibility index (Phi) is 16.6. The van der Waals surface area contributed by atoms with E-state index in [1.165, 1.54) is 0 Å². The van der Waals surface area contributed by atoms with Crippen LogP contribution >= 0.6 is 0 Å². The summed E-state index contributed by atoms with van der Waals surface area (Å²) in [6.45, 7) is 9.11. The van der Waals surface area contributed by atoms with Crippen LogP contribution in [0, 0.1) is 11.8 Å². The summed E-state index contributed by atoms with van der Waals surface area (Å²) >= 11 is 0. The summed E-state index contributed by atoms with van der Waals surface area (Å²) in [5.41, 5.74) is 0.971. The zero-order chi connectivity index (χ0) is 31.5. The van der Waals surface area contributed by atoms with Crippen LogP contribution in [-0.2, 0) is 9.59 Å². The van der Waals surface area contributed by atoms with E-state index < -0.39 is 12.1 Å². The molecule has 2 unspecified atom stereocenters. The summed E-state index contributed by atoms with van der Waals surface area (Å²) < 4.78 is 0. The second-order valence-corrected chi connectivity index (χ2v) is 11.2. The predicted octanol–water partition coefficient (Wildman–Crippen LogP) is 4.43. The Morgan fingerprint density at radius 3 is 1.23 bits per heavy atom. The topological polar surface area (TPSA) is 142 Å². The van der Waals surface area contributed by atoms with Gasteiger partial charge in [-0.2, -0.15) is 0 Å². The van der Waals surface area contributed by atoms with Crippen molar-refractivity contribution in [3.63, 3.8) is 0 Å². The molecular formula is C33H50N6O4. The van der Waals surface area contributed by atoms with Crippen LogP contribution in [0.5, 0.6) is 0 Å². The normalized spacial score (nSPS) is 13.7. The van der Waals surface area contributed by atoms with E-state index in [1.807, 2.05) is 27.7 Å². The Labute approximate surface area is 256 Å². The number of aromatic nitrogens is 2. The first kappa shape index (κ1) is 35.4. The minimum absolute atomic E-state index is 0.0160. The van der Waals surface area contributed by atoms with E-state index in [2.05, 4.69) is 31.2 Å². The maximum Gasteiger partial charge on any atom is 0.252 e. The van der Waals surface area contributed by atoms with Gasteiger partial charge in [0.1, 0.15) is 12.1 Å². The number of nitrogens with one attached hydrogen (secondary N) is 4. The number of hydrogen-bond acceptors (Lipinski definition) is 6. The van der Waals surface area contributed by atoms with E-state index in [9.17, 15) is 19.2 Å². The molecule has 2 heterocycles. The molecule has 0 saturated heterocycles. The lowest BCUT2D eigenvalue weighted by Gasteiger charge is -2.23. The summed E-state index contributed by atoms with van der Waals surface area (Å²) in [4.78, 5) is 58.6. The molecule has 10 heteroatoms. The molecule has 0 aliphatic carbocycles. The van der Waals surface area contributed by atoms with E-state index in [0.717, 1.165) is 57.8 Å². The van der Waals surface area contributed by atoms with Crippen molar-refractivity contribution in [2.45, 2.75) is 97.6 Å². The van der Waals surface area contributed by atoms with Crippen molar-refractivity contribution in [2.24, 2.45) is 11.8 Å². The Balaban J connectivity index is 1.59. The van der Waals surface area contributed by atoms with E-state index in [4.69, 9.17) is 0 Å². The Bertz CT molecular complexity index is 1030. The highest BCUT2D eigenvalue weighted by molar-refractivity contribution is 5.98. The Hall–Kier alpha value is -3.82. The number of hydrogen-bond donors (Lipinski definition) is 4. The van der Waals surface area contributed by atoms with Gasteiger partial charge in [0.25, 0.3) is 11.8 Å². The lowest BCUT2D eigenvalue weighted by atomic mass is 9.97. The van der Waals surface area contributed by atoms with Crippen LogP contribution in [0.3, 0.4) is 0 Å². The molecule has 4 N–H and O–H groups in total. The Morgan fingerprint density at radius 2 is 0.907 bits per heavy atom. The van der Waals surface area contributed by atoms with Crippen molar-refractivity contribution in [1.82, 2.24) is 31.2 Å². The largest absolute Gasteiger partial charge is 0.354 e. The van der Waals surface area contributed by atoms with Gasteiger partial charge < -0.3 is 21.3 Å². The highest BCUT2D eigenvalue weighted by atomic mass is 16.2. The fourth-order valence-electron chi connectivity index (χ4n) is 4.64. The molecule has 0 fully saturated rings. The lowest BCUT2D eigenvalue weighted by molar-refractivity contribution is -0.124. The molecule has 2 rings (SSSR count). The number of rotatable bonds is 20. The molecule has 4 amide bonds. The van der Waals surface area contributed by atoms with Crippen LogP contribution in [0.4, 0.5) is 0 Å². The SMILES string of the molecule is CCC(C)[C@H](NC(=O)c1ccncc1)C(=O)NCCCCCCCCCNC(=O)[C@@H](NC(=O)c1ccncc1)C(C)CC. The number of nitrogens with zero attached hydrogens (tertiary/aromatic N) is 2. The molecule has 43 heavy (non-hydrogen) atoms. The monoisotopic (exact) mass is 594 g/mol.